The van der Waals surface area contributed by atoms with Gasteiger partial charge in [-0.05, 0) is 269 Å². The van der Waals surface area contributed by atoms with E-state index in [1.54, 1.807) is 0 Å². The maximum absolute atomic E-state index is 5.14. The summed E-state index contributed by atoms with van der Waals surface area (Å²) in [4.78, 5) is 29.9. The minimum atomic E-state index is -0.0147. The highest BCUT2D eigenvalue weighted by Gasteiger charge is 2.36. The SMILES string of the molecule is CC1(C)c2ccccc2-c2ccc(-c3ccc4cc(-c5ccc6c(c5)c5ccc7cccnc7c5c5nc7ccccc7n65)ccc4c3)cc21.c1ccc2c(c1)cc(-c1ccc(-c3ccc4c(c3)c3ccc5cccnc5c3c3nc5ccccc5n43)cc1)c1ccccc12.c1ccc2c(c1)cc(-c1ccc3c(c1)c1ccc4cccnc4c1c1nc4ccccc4n31)c1ccccc12. The van der Waals surface area contributed by atoms with Crippen molar-refractivity contribution in [1.29, 1.82) is 0 Å². The van der Waals surface area contributed by atoms with Crippen LogP contribution in [0.25, 0.3) is 268 Å². The van der Waals surface area contributed by atoms with Crippen molar-refractivity contribution >= 4 is 202 Å². The van der Waals surface area contributed by atoms with E-state index in [9.17, 15) is 0 Å². The first-order valence-electron chi connectivity index (χ1n) is 45.9. The molecule has 0 spiro atoms. The number of para-hydroxylation sites is 6. The number of rotatable bonds is 5. The van der Waals surface area contributed by atoms with Crippen molar-refractivity contribution in [2.24, 2.45) is 0 Å². The Bertz CT molecular complexity index is 10200. The van der Waals surface area contributed by atoms with Crippen LogP contribution in [0.15, 0.2) is 431 Å². The zero-order chi connectivity index (χ0) is 88.1. The molecule has 0 saturated heterocycles. The first kappa shape index (κ1) is 75.3. The molecule has 1 aliphatic rings. The van der Waals surface area contributed by atoms with Crippen LogP contribution in [0.1, 0.15) is 25.0 Å². The van der Waals surface area contributed by atoms with Gasteiger partial charge in [0.1, 0.15) is 16.9 Å². The monoisotopic (exact) mass is 1700 g/mol. The molecule has 9 aromatic heterocycles. The summed E-state index contributed by atoms with van der Waals surface area (Å²) in [5.74, 6) is 0. The summed E-state index contributed by atoms with van der Waals surface area (Å²) in [6.45, 7) is 4.69. The van der Waals surface area contributed by atoms with Crippen LogP contribution < -0.4 is 0 Å². The molecule has 0 unspecified atom stereocenters. The lowest BCUT2D eigenvalue weighted by atomic mass is 9.81. The van der Waals surface area contributed by atoms with E-state index in [-0.39, 0.29) is 5.41 Å². The number of nitrogens with zero attached hydrogens (tertiary/aromatic N) is 9. The predicted octanol–water partition coefficient (Wildman–Crippen LogP) is 32.4. The topological polar surface area (TPSA) is 90.6 Å². The Morgan fingerprint density at radius 2 is 0.515 bits per heavy atom. The van der Waals surface area contributed by atoms with Crippen LogP contribution in [-0.2, 0) is 5.41 Å². The Morgan fingerprint density at radius 3 is 0.993 bits per heavy atom. The van der Waals surface area contributed by atoms with E-state index in [4.69, 9.17) is 29.9 Å². The average Bonchev–Trinajstić information content (AvgIpc) is 1.49. The standard InChI is InChI=1S/C47H31N3.C42H25N3.C36H21N3/c1-47(2)39-10-4-3-9-35(39)36-20-18-34(27-40(36)47)32-16-14-29-24-31(15-13-30(29)25-32)33-19-22-42-38(26-33)37-21-17-28-8-7-23-48-45(28)44(37)46-49-41-11-5-6-12-43(41)50(42)46;1-2-10-31-30(8-1)25-35(33-12-4-3-11-32(31)33)27-17-15-26(16-18-27)29-20-22-38-36(24-29)34-21-19-28-9-7-23-43-41(28)40(34)42-44-37-13-5-6-14-39(37)45(38)42;1-2-10-25-23(8-1)20-29(27-12-4-3-11-26(25)27)24-16-18-32-30(21-24)28-17-15-22-9-7-19-37-35(22)34(28)36-38-31-13-5-6-14-33(31)39(32)36/h3-27H,1-2H3;1-25H;1-21H. The fourth-order valence-electron chi connectivity index (χ4n) is 22.4. The first-order chi connectivity index (χ1) is 66.2. The third-order valence-corrected chi connectivity index (χ3v) is 28.7. The molecule has 134 heavy (non-hydrogen) atoms. The largest absolute Gasteiger partial charge is 0.292 e. The second-order valence-corrected chi connectivity index (χ2v) is 36.3. The van der Waals surface area contributed by atoms with Crippen LogP contribution in [0.4, 0.5) is 0 Å². The van der Waals surface area contributed by atoms with Gasteiger partial charge in [0.15, 0.2) is 0 Å². The molecule has 622 valence electrons. The van der Waals surface area contributed by atoms with Crippen LogP contribution in [0.3, 0.4) is 0 Å². The van der Waals surface area contributed by atoms with Gasteiger partial charge in [-0.25, -0.2) is 15.0 Å². The lowest BCUT2D eigenvalue weighted by Crippen LogP contribution is -2.14. The maximum Gasteiger partial charge on any atom is 0.148 e. The molecule has 1 aliphatic carbocycles. The zero-order valence-corrected chi connectivity index (χ0v) is 73.0. The van der Waals surface area contributed by atoms with Crippen LogP contribution in [0, 0.1) is 0 Å². The molecule has 0 aliphatic heterocycles. The smallest absolute Gasteiger partial charge is 0.148 e. The van der Waals surface area contributed by atoms with Gasteiger partial charge in [-0.3, -0.25) is 28.2 Å². The lowest BCUT2D eigenvalue weighted by molar-refractivity contribution is 0.660. The summed E-state index contributed by atoms with van der Waals surface area (Å²) in [5.41, 5.74) is 33.2. The van der Waals surface area contributed by atoms with Gasteiger partial charge in [-0.15, -0.1) is 0 Å². The second-order valence-electron chi connectivity index (χ2n) is 36.3. The van der Waals surface area contributed by atoms with Gasteiger partial charge in [-0.1, -0.05) is 305 Å². The molecular weight excluding hydrogens is 1630 g/mol. The quantitative estimate of drug-likeness (QED) is 0.160. The Morgan fingerprint density at radius 1 is 0.187 bits per heavy atom. The molecule has 30 rings (SSSR count). The Kier molecular flexibility index (Phi) is 16.4. The third-order valence-electron chi connectivity index (χ3n) is 28.7. The molecule has 0 fully saturated rings. The molecule has 9 heterocycles. The van der Waals surface area contributed by atoms with Crippen molar-refractivity contribution in [2.75, 3.05) is 0 Å². The van der Waals surface area contributed by atoms with Gasteiger partial charge in [0.25, 0.3) is 0 Å². The van der Waals surface area contributed by atoms with Crippen molar-refractivity contribution in [3.05, 3.63) is 442 Å². The number of aromatic nitrogens is 9. The molecular formula is C125H77N9. The van der Waals surface area contributed by atoms with Gasteiger partial charge in [-0.2, -0.15) is 0 Å². The molecule has 0 amide bonds. The van der Waals surface area contributed by atoms with Crippen molar-refractivity contribution in [3.8, 4) is 66.8 Å². The Labute approximate surface area is 767 Å². The second kappa shape index (κ2) is 29.2. The summed E-state index contributed by atoms with van der Waals surface area (Å²) < 4.78 is 6.92. The summed E-state index contributed by atoms with van der Waals surface area (Å²) in [7, 11) is 0. The Hall–Kier alpha value is -17.7. The molecule has 9 nitrogen and oxygen atoms in total. The van der Waals surface area contributed by atoms with E-state index in [0.717, 1.165) is 115 Å². The molecule has 0 bridgehead atoms. The van der Waals surface area contributed by atoms with E-state index in [2.05, 4.69) is 421 Å². The van der Waals surface area contributed by atoms with Crippen molar-refractivity contribution in [2.45, 2.75) is 19.3 Å². The van der Waals surface area contributed by atoms with E-state index in [1.165, 1.54) is 164 Å². The lowest BCUT2D eigenvalue weighted by Gasteiger charge is -2.22. The van der Waals surface area contributed by atoms with E-state index >= 15 is 0 Å². The summed E-state index contributed by atoms with van der Waals surface area (Å²) in [5, 5.41) is 26.4. The Balaban J connectivity index is 0.000000101. The molecule has 20 aromatic carbocycles. The highest BCUT2D eigenvalue weighted by molar-refractivity contribution is 6.27. The number of hydrogen-bond acceptors (Lipinski definition) is 6. The van der Waals surface area contributed by atoms with Crippen LogP contribution in [-0.4, -0.2) is 43.1 Å². The molecule has 0 radical (unpaired) electrons. The third kappa shape index (κ3) is 11.4. The first-order valence-corrected chi connectivity index (χ1v) is 45.9. The van der Waals surface area contributed by atoms with Crippen molar-refractivity contribution < 1.29 is 0 Å². The minimum absolute atomic E-state index is 0.0147. The van der Waals surface area contributed by atoms with Crippen molar-refractivity contribution in [1.82, 2.24) is 43.1 Å². The van der Waals surface area contributed by atoms with Gasteiger partial charge >= 0.3 is 0 Å². The number of pyridine rings is 6. The highest BCUT2D eigenvalue weighted by Crippen LogP contribution is 2.51. The van der Waals surface area contributed by atoms with Gasteiger partial charge in [0.05, 0.1) is 82.4 Å². The normalized spacial score (nSPS) is 12.6. The number of hydrogen-bond donors (Lipinski definition) is 0. The van der Waals surface area contributed by atoms with Crippen molar-refractivity contribution in [3.63, 3.8) is 0 Å². The number of imidazole rings is 3. The summed E-state index contributed by atoms with van der Waals surface area (Å²) >= 11 is 0. The maximum atomic E-state index is 5.14. The molecule has 0 saturated carbocycles. The van der Waals surface area contributed by atoms with Crippen LogP contribution in [0.2, 0.25) is 0 Å². The summed E-state index contributed by atoms with van der Waals surface area (Å²) in [6.07, 6.45) is 5.64. The minimum Gasteiger partial charge on any atom is -0.292 e. The van der Waals surface area contributed by atoms with E-state index < -0.39 is 0 Å². The van der Waals surface area contributed by atoms with Crippen LogP contribution in [0.5, 0.6) is 0 Å². The van der Waals surface area contributed by atoms with Gasteiger partial charge < -0.3 is 0 Å². The zero-order valence-electron chi connectivity index (χ0n) is 73.0. The average molecular weight is 1710 g/mol. The highest BCUT2D eigenvalue weighted by atomic mass is 15.0. The van der Waals surface area contributed by atoms with Crippen LogP contribution >= 0.6 is 0 Å². The predicted molar refractivity (Wildman–Crippen MR) is 561 cm³/mol. The van der Waals surface area contributed by atoms with E-state index in [0.29, 0.717) is 0 Å². The van der Waals surface area contributed by atoms with Gasteiger partial charge in [0.2, 0.25) is 0 Å². The number of fused-ring (bicyclic) bond motifs is 40. The van der Waals surface area contributed by atoms with Gasteiger partial charge in [0, 0.05) is 56.3 Å². The molecule has 0 atom stereocenters. The van der Waals surface area contributed by atoms with E-state index in [1.807, 2.05) is 36.8 Å². The molecule has 29 aromatic rings. The number of benzene rings is 20. The fourth-order valence-corrected chi connectivity index (χ4v) is 22.4. The molecule has 9 heteroatoms. The molecule has 0 N–H and O–H groups in total. The summed E-state index contributed by atoms with van der Waals surface area (Å²) in [6, 6.07) is 149. The fraction of sp³-hybridized carbons (Fsp3) is 0.0240.